The Labute approximate surface area is 252 Å². The fourth-order valence-corrected chi connectivity index (χ4v) is 7.13. The van der Waals surface area contributed by atoms with Gasteiger partial charge in [-0.15, -0.1) is 34.1 Å². The van der Waals surface area contributed by atoms with Crippen molar-refractivity contribution in [3.8, 4) is 11.1 Å². The number of fused-ring (bicyclic) bond motifs is 3. The molecule has 0 N–H and O–H groups in total. The first-order chi connectivity index (χ1) is 15.4. The normalized spacial score (nSPS) is 14.1. The average molecular weight is 616 g/mol. The van der Waals surface area contributed by atoms with E-state index in [-0.39, 0.29) is 61.8 Å². The van der Waals surface area contributed by atoms with Crippen LogP contribution in [0, 0.1) is 4.81 Å². The zero-order valence-corrected chi connectivity index (χ0v) is 28.7. The quantitative estimate of drug-likeness (QED) is 0.314. The summed E-state index contributed by atoms with van der Waals surface area (Å²) in [6, 6.07) is 9.62. The van der Waals surface area contributed by atoms with Crippen LogP contribution in [0.1, 0.15) is 96.9 Å². The molecule has 2 aliphatic rings. The van der Waals surface area contributed by atoms with Gasteiger partial charge in [-0.05, 0) is 41.2 Å². The Kier molecular flexibility index (Phi) is 11.3. The summed E-state index contributed by atoms with van der Waals surface area (Å²) in [5, 5.41) is 1.35. The predicted octanol–water partition coefficient (Wildman–Crippen LogP) is 2.46. The predicted molar refractivity (Wildman–Crippen MR) is 148 cm³/mol. The van der Waals surface area contributed by atoms with E-state index in [1.165, 1.54) is 33.0 Å². The molecule has 0 atom stereocenters. The monoisotopic (exact) mass is 613 g/mol. The average Bonchev–Trinajstić information content (AvgIpc) is 3.30. The van der Waals surface area contributed by atoms with Crippen LogP contribution in [-0.2, 0) is 37.0 Å². The zero-order chi connectivity index (χ0) is 24.3. The molecule has 0 amide bonds. The number of rotatable bonds is 3. The third-order valence-corrected chi connectivity index (χ3v) is 8.86. The van der Waals surface area contributed by atoms with E-state index < -0.39 is 8.41 Å². The van der Waals surface area contributed by atoms with Crippen LogP contribution in [0.2, 0.25) is 13.1 Å². The molecule has 2 aliphatic carbocycles. The van der Waals surface area contributed by atoms with Gasteiger partial charge in [0.05, 0.1) is 0 Å². The van der Waals surface area contributed by atoms with Crippen molar-refractivity contribution in [3.63, 3.8) is 0 Å². The largest absolute Gasteiger partial charge is 3.00 e. The first-order valence-electron chi connectivity index (χ1n) is 12.7. The van der Waals surface area contributed by atoms with Gasteiger partial charge in [0, 0.05) is 8.41 Å². The van der Waals surface area contributed by atoms with Gasteiger partial charge in [0.25, 0.3) is 0 Å². The van der Waals surface area contributed by atoms with Crippen molar-refractivity contribution < 1.29 is 51.0 Å². The number of benzene rings is 2. The smallest absolute Gasteiger partial charge is 1.00 e. The summed E-state index contributed by atoms with van der Waals surface area (Å²) in [6.45, 7) is 23.7. The Balaban J connectivity index is 0.00000216. The molecule has 0 saturated heterocycles. The van der Waals surface area contributed by atoms with Crippen LogP contribution < -0.4 is 30.0 Å². The molecule has 0 heterocycles. The maximum absolute atomic E-state index is 3.95. The Hall–Kier alpha value is -0.530. The van der Waals surface area contributed by atoms with Gasteiger partial charge < -0.3 is 24.8 Å². The summed E-state index contributed by atoms with van der Waals surface area (Å²) >= 11 is 0. The van der Waals surface area contributed by atoms with Crippen molar-refractivity contribution in [1.82, 2.24) is 0 Å². The molecule has 0 spiro atoms. The molecule has 0 bridgehead atoms. The van der Waals surface area contributed by atoms with Gasteiger partial charge in [0.15, 0.2) is 0 Å². The van der Waals surface area contributed by atoms with Crippen molar-refractivity contribution >= 4 is 20.1 Å². The van der Waals surface area contributed by atoms with E-state index in [0.717, 1.165) is 19.3 Å². The molecular weight excluding hydrogens is 575 g/mol. The van der Waals surface area contributed by atoms with E-state index in [4.69, 9.17) is 0 Å². The van der Waals surface area contributed by atoms with Crippen LogP contribution in [0.3, 0.4) is 0 Å². The first kappa shape index (κ1) is 33.5. The van der Waals surface area contributed by atoms with Crippen LogP contribution in [0.15, 0.2) is 41.5 Å². The van der Waals surface area contributed by atoms with Crippen molar-refractivity contribution in [2.75, 3.05) is 0 Å². The first-order valence-corrected chi connectivity index (χ1v) is 15.2. The molecule has 0 saturated carbocycles. The van der Waals surface area contributed by atoms with E-state index in [2.05, 4.69) is 105 Å². The molecule has 0 fully saturated rings. The van der Waals surface area contributed by atoms with Crippen LogP contribution >= 0.6 is 0 Å². The van der Waals surface area contributed by atoms with Crippen LogP contribution in [-0.4, -0.2) is 8.41 Å². The van der Waals surface area contributed by atoms with Gasteiger partial charge in [-0.25, -0.2) is 0 Å². The fraction of sp³-hybridized carbons (Fsp3) is 0.469. The van der Waals surface area contributed by atoms with Crippen molar-refractivity contribution in [2.24, 2.45) is 0 Å². The topological polar surface area (TPSA) is 0 Å². The molecule has 36 heavy (non-hydrogen) atoms. The molecule has 2 aromatic rings. The maximum Gasteiger partial charge on any atom is 3.00 e. The fourth-order valence-electron chi connectivity index (χ4n) is 5.70. The molecular formula is C32H41Cl2SiZr. The Morgan fingerprint density at radius 2 is 1.50 bits per heavy atom. The van der Waals surface area contributed by atoms with E-state index in [1.54, 1.807) is 27.1 Å². The third kappa shape index (κ3) is 5.88. The van der Waals surface area contributed by atoms with Crippen LogP contribution in [0.25, 0.3) is 22.8 Å². The molecule has 0 aliphatic heterocycles. The second-order valence-corrected chi connectivity index (χ2v) is 14.6. The maximum atomic E-state index is 3.95. The summed E-state index contributed by atoms with van der Waals surface area (Å²) in [7, 11) is -0.639. The van der Waals surface area contributed by atoms with E-state index in [0.29, 0.717) is 0 Å². The van der Waals surface area contributed by atoms with Crippen molar-refractivity contribution in [3.05, 3.63) is 73.8 Å². The van der Waals surface area contributed by atoms with Gasteiger partial charge in [-0.1, -0.05) is 120 Å². The minimum atomic E-state index is -0.639. The third-order valence-electron chi connectivity index (χ3n) is 7.39. The summed E-state index contributed by atoms with van der Waals surface area (Å²) in [4.78, 5) is 1.60. The Morgan fingerprint density at radius 1 is 0.861 bits per heavy atom. The number of allylic oxidation sites excluding steroid dienone is 4. The second-order valence-electron chi connectivity index (χ2n) is 12.1. The zero-order valence-electron chi connectivity index (χ0n) is 23.8. The molecule has 191 valence electrons. The summed E-state index contributed by atoms with van der Waals surface area (Å²) in [5.74, 6) is 0. The van der Waals surface area contributed by atoms with Gasteiger partial charge in [0.1, 0.15) is 0 Å². The number of hydrogen-bond acceptors (Lipinski definition) is 0. The van der Waals surface area contributed by atoms with Gasteiger partial charge >= 0.3 is 26.2 Å². The van der Waals surface area contributed by atoms with Gasteiger partial charge in [-0.3, -0.25) is 0 Å². The summed E-state index contributed by atoms with van der Waals surface area (Å²) in [6.07, 6.45) is 9.73. The van der Waals surface area contributed by atoms with Crippen molar-refractivity contribution in [2.45, 2.75) is 98.6 Å². The minimum absolute atomic E-state index is 0. The number of halogens is 2. The van der Waals surface area contributed by atoms with E-state index in [9.17, 15) is 0 Å². The van der Waals surface area contributed by atoms with Gasteiger partial charge in [-0.2, -0.15) is 0 Å². The van der Waals surface area contributed by atoms with E-state index >= 15 is 0 Å². The van der Waals surface area contributed by atoms with Gasteiger partial charge in [0.2, 0.25) is 0 Å². The summed E-state index contributed by atoms with van der Waals surface area (Å²) < 4.78 is 0. The Bertz CT molecular complexity index is 1330. The van der Waals surface area contributed by atoms with Crippen LogP contribution in [0.4, 0.5) is 0 Å². The second kappa shape index (κ2) is 12.1. The standard InChI is InChI=1S/C32H41Si.2ClH.Zr/c1-11-20-13-15-25(23(20)12-2)29-27-18-21-17-22(31(3,4)5)14-16-24(21)26(27)19-28(33(9)10)30(29)32(6,7)8;;;/h13-14,16-17,19H,11-12,15H2,1-10H3;2*1H;/q-1;;;+3/p-2. The van der Waals surface area contributed by atoms with Crippen molar-refractivity contribution in [1.29, 1.82) is 0 Å². The van der Waals surface area contributed by atoms with Crippen LogP contribution in [0.5, 0.6) is 0 Å². The molecule has 4 rings (SSSR count). The molecule has 0 unspecified atom stereocenters. The Morgan fingerprint density at radius 3 is 2.00 bits per heavy atom. The van der Waals surface area contributed by atoms with E-state index in [1.807, 2.05) is 0 Å². The summed E-state index contributed by atoms with van der Waals surface area (Å²) in [5.41, 5.74) is 13.4. The number of hydrogen-bond donors (Lipinski definition) is 0. The molecule has 4 heteroatoms. The SMILES string of the molecule is CCC1=CCC(c2c(C(C)(C)C)c(=[Si](C)C)cc3c2=[C-]c2cc(C(C)(C)C)ccc2-3)=C1CC.[Cl-].[Cl-].[Zr+3]. The minimum Gasteiger partial charge on any atom is -1.00 e. The molecule has 0 aromatic heterocycles. The molecule has 1 radical (unpaired) electrons. The molecule has 0 nitrogen and oxygen atoms in total. The molecule has 2 aromatic carbocycles.